The van der Waals surface area contributed by atoms with Crippen molar-refractivity contribution in [2.24, 2.45) is 9.98 Å². The van der Waals surface area contributed by atoms with E-state index < -0.39 is 0 Å². The van der Waals surface area contributed by atoms with E-state index in [1.807, 2.05) is 24.5 Å². The van der Waals surface area contributed by atoms with Crippen LogP contribution in [0.2, 0.25) is 0 Å². The van der Waals surface area contributed by atoms with Gasteiger partial charge in [0, 0.05) is 18.3 Å². The molecule has 0 amide bonds. The van der Waals surface area contributed by atoms with Crippen LogP contribution in [-0.4, -0.2) is 11.4 Å². The lowest BCUT2D eigenvalue weighted by Crippen LogP contribution is -2.00. The van der Waals surface area contributed by atoms with Crippen LogP contribution in [0.5, 0.6) is 0 Å². The van der Waals surface area contributed by atoms with Crippen molar-refractivity contribution in [3.05, 3.63) is 42.1 Å². The van der Waals surface area contributed by atoms with Gasteiger partial charge in [-0.1, -0.05) is 18.2 Å². The quantitative estimate of drug-likeness (QED) is 0.546. The van der Waals surface area contributed by atoms with Gasteiger partial charge in [0.25, 0.3) is 0 Å². The normalized spacial score (nSPS) is 18.5. The third-order valence-corrected chi connectivity index (χ3v) is 2.43. The maximum absolute atomic E-state index is 4.55. The van der Waals surface area contributed by atoms with Gasteiger partial charge >= 0.3 is 0 Å². The Balaban J connectivity index is 2.19. The molecule has 1 aromatic rings. The summed E-state index contributed by atoms with van der Waals surface area (Å²) in [6.45, 7) is 0. The van der Waals surface area contributed by atoms with Gasteiger partial charge in [0.15, 0.2) is 0 Å². The van der Waals surface area contributed by atoms with Crippen LogP contribution in [0.25, 0.3) is 0 Å². The summed E-state index contributed by atoms with van der Waals surface area (Å²) in [5.41, 5.74) is 2.10. The molecule has 1 atom stereocenters. The van der Waals surface area contributed by atoms with E-state index in [1.165, 1.54) is 5.56 Å². The van der Waals surface area contributed by atoms with E-state index in [1.54, 1.807) is 0 Å². The Morgan fingerprint density at radius 1 is 1.33 bits per heavy atom. The zero-order valence-electron chi connectivity index (χ0n) is 8.13. The highest BCUT2D eigenvalue weighted by Crippen LogP contribution is 2.23. The fourth-order valence-corrected chi connectivity index (χ4v) is 1.66. The number of allylic oxidation sites excluding steroid dienone is 1. The third-order valence-electron chi connectivity index (χ3n) is 2.34. The van der Waals surface area contributed by atoms with Crippen LogP contribution in [0.1, 0.15) is 17.9 Å². The molecule has 15 heavy (non-hydrogen) atoms. The number of aliphatic imine (C=N–C) groups is 2. The molecule has 0 saturated carbocycles. The number of rotatable bonds is 2. The van der Waals surface area contributed by atoms with Crippen molar-refractivity contribution in [1.29, 1.82) is 0 Å². The Morgan fingerprint density at radius 3 is 2.73 bits per heavy atom. The minimum absolute atomic E-state index is 0.389. The minimum atomic E-state index is 0.389. The van der Waals surface area contributed by atoms with E-state index in [-0.39, 0.29) is 0 Å². The maximum atomic E-state index is 4.55. The van der Waals surface area contributed by atoms with E-state index in [0.717, 1.165) is 12.1 Å². The number of hydrogen-bond acceptors (Lipinski definition) is 3. The fourth-order valence-electron chi connectivity index (χ4n) is 1.55. The first-order chi connectivity index (χ1) is 7.40. The lowest BCUT2D eigenvalue weighted by atomic mass is 9.96. The highest BCUT2D eigenvalue weighted by molar-refractivity contribution is 7.78. The van der Waals surface area contributed by atoms with E-state index in [0.29, 0.717) is 5.92 Å². The first-order valence-electron chi connectivity index (χ1n) is 4.76. The van der Waals surface area contributed by atoms with Crippen molar-refractivity contribution in [2.75, 3.05) is 0 Å². The van der Waals surface area contributed by atoms with E-state index >= 15 is 0 Å². The fraction of sp³-hybridized carbons (Fsp3) is 0.167. The van der Waals surface area contributed by atoms with Crippen molar-refractivity contribution < 1.29 is 0 Å². The number of benzene rings is 1. The number of isothiocyanates is 1. The Labute approximate surface area is 94.1 Å². The molecule has 0 saturated heterocycles. The van der Waals surface area contributed by atoms with Crippen molar-refractivity contribution >= 4 is 29.3 Å². The van der Waals surface area contributed by atoms with Crippen LogP contribution in [0.3, 0.4) is 0 Å². The molecule has 0 aromatic heterocycles. The van der Waals surface area contributed by atoms with Crippen molar-refractivity contribution in [2.45, 2.75) is 12.3 Å². The molecular weight excluding hydrogens is 204 g/mol. The molecule has 0 spiro atoms. The summed E-state index contributed by atoms with van der Waals surface area (Å²) in [6.07, 6.45) is 6.89. The largest absolute Gasteiger partial charge is 0.269 e. The zero-order chi connectivity index (χ0) is 10.5. The van der Waals surface area contributed by atoms with Crippen LogP contribution in [0, 0.1) is 0 Å². The van der Waals surface area contributed by atoms with E-state index in [4.69, 9.17) is 0 Å². The lowest BCUT2D eigenvalue weighted by Gasteiger charge is -2.12. The summed E-state index contributed by atoms with van der Waals surface area (Å²) in [7, 11) is 0. The third kappa shape index (κ3) is 2.46. The smallest absolute Gasteiger partial charge is 0.0739 e. The highest BCUT2D eigenvalue weighted by Gasteiger charge is 2.08. The van der Waals surface area contributed by atoms with Crippen molar-refractivity contribution in [3.63, 3.8) is 0 Å². The van der Waals surface area contributed by atoms with Gasteiger partial charge in [0.05, 0.1) is 10.8 Å². The molecule has 0 N–H and O–H groups in total. The van der Waals surface area contributed by atoms with Crippen LogP contribution in [-0.2, 0) is 0 Å². The van der Waals surface area contributed by atoms with Gasteiger partial charge in [-0.25, -0.2) is 0 Å². The van der Waals surface area contributed by atoms with Crippen LogP contribution in [0.4, 0.5) is 5.69 Å². The predicted octanol–water partition coefficient (Wildman–Crippen LogP) is 3.49. The summed E-state index contributed by atoms with van der Waals surface area (Å²) >= 11 is 4.55. The topological polar surface area (TPSA) is 24.7 Å². The Bertz CT molecular complexity index is 439. The van der Waals surface area contributed by atoms with Gasteiger partial charge in [-0.05, 0) is 36.3 Å². The Morgan fingerprint density at radius 2 is 2.13 bits per heavy atom. The Kier molecular flexibility index (Phi) is 3.18. The molecule has 0 bridgehead atoms. The lowest BCUT2D eigenvalue weighted by molar-refractivity contribution is 0.909. The molecule has 1 heterocycles. The van der Waals surface area contributed by atoms with E-state index in [9.17, 15) is 0 Å². The molecule has 74 valence electrons. The first-order valence-corrected chi connectivity index (χ1v) is 5.17. The molecule has 1 unspecified atom stereocenters. The summed E-state index contributed by atoms with van der Waals surface area (Å²) in [4.78, 5) is 8.05. The summed E-state index contributed by atoms with van der Waals surface area (Å²) in [6, 6.07) is 8.00. The van der Waals surface area contributed by atoms with Crippen LogP contribution in [0.15, 0.2) is 46.5 Å². The molecular formula is C12H10N2S. The van der Waals surface area contributed by atoms with Crippen molar-refractivity contribution in [1.82, 2.24) is 0 Å². The maximum Gasteiger partial charge on any atom is 0.0739 e. The predicted molar refractivity (Wildman–Crippen MR) is 66.1 cm³/mol. The summed E-state index contributed by atoms with van der Waals surface area (Å²) in [5.74, 6) is 0.389. The second-order valence-electron chi connectivity index (χ2n) is 3.32. The molecule has 3 heteroatoms. The molecule has 0 aliphatic carbocycles. The molecule has 2 nitrogen and oxygen atoms in total. The van der Waals surface area contributed by atoms with Gasteiger partial charge in [-0.3, -0.25) is 4.99 Å². The number of hydrogen-bond donors (Lipinski definition) is 0. The second-order valence-corrected chi connectivity index (χ2v) is 3.50. The monoisotopic (exact) mass is 214 g/mol. The second kappa shape index (κ2) is 4.78. The minimum Gasteiger partial charge on any atom is -0.269 e. The standard InChI is InChI=1S/C12H10N2S/c15-9-14-12-5-3-10(4-6-12)11-2-1-7-13-8-11/h1,3-8,11H,2H2. The SMILES string of the molecule is S=C=Nc1ccc(C2C=NC=CC2)cc1. The van der Waals surface area contributed by atoms with Crippen LogP contribution >= 0.6 is 12.2 Å². The van der Waals surface area contributed by atoms with Gasteiger partial charge in [0.1, 0.15) is 0 Å². The average Bonchev–Trinajstić information content (AvgIpc) is 2.32. The number of thiocarbonyl (C=S) groups is 1. The first kappa shape index (κ1) is 9.97. The highest BCUT2D eigenvalue weighted by atomic mass is 32.1. The van der Waals surface area contributed by atoms with Crippen molar-refractivity contribution in [3.8, 4) is 0 Å². The molecule has 1 aromatic carbocycles. The molecule has 0 radical (unpaired) electrons. The molecule has 1 aliphatic rings. The molecule has 0 fully saturated rings. The van der Waals surface area contributed by atoms with Gasteiger partial charge in [-0.2, -0.15) is 4.99 Å². The van der Waals surface area contributed by atoms with E-state index in [2.05, 4.69) is 45.6 Å². The number of nitrogens with zero attached hydrogens (tertiary/aromatic N) is 2. The molecule has 2 rings (SSSR count). The summed E-state index contributed by atoms with van der Waals surface area (Å²) in [5, 5.41) is 2.35. The van der Waals surface area contributed by atoms with Crippen LogP contribution < -0.4 is 0 Å². The zero-order valence-corrected chi connectivity index (χ0v) is 8.95. The van der Waals surface area contributed by atoms with Gasteiger partial charge in [0.2, 0.25) is 0 Å². The van der Waals surface area contributed by atoms with Gasteiger partial charge < -0.3 is 0 Å². The Hall–Kier alpha value is -1.57. The molecule has 1 aliphatic heterocycles. The average molecular weight is 214 g/mol. The summed E-state index contributed by atoms with van der Waals surface area (Å²) < 4.78 is 0. The van der Waals surface area contributed by atoms with Gasteiger partial charge in [-0.15, -0.1) is 0 Å².